The maximum absolute atomic E-state index is 13.7. The summed E-state index contributed by atoms with van der Waals surface area (Å²) >= 11 is 0. The average Bonchev–Trinajstić information content (AvgIpc) is 3.33. The van der Waals surface area contributed by atoms with E-state index in [1.807, 2.05) is 31.2 Å². The van der Waals surface area contributed by atoms with Crippen molar-refractivity contribution in [3.8, 4) is 0 Å². The van der Waals surface area contributed by atoms with E-state index in [-0.39, 0.29) is 22.9 Å². The third-order valence-corrected chi connectivity index (χ3v) is 10.1. The molecule has 1 fully saturated rings. The predicted octanol–water partition coefficient (Wildman–Crippen LogP) is 4.24. The van der Waals surface area contributed by atoms with Crippen LogP contribution in [0.5, 0.6) is 0 Å². The molecule has 35 heavy (non-hydrogen) atoms. The molecule has 7 nitrogen and oxygen atoms in total. The zero-order valence-electron chi connectivity index (χ0n) is 20.2. The summed E-state index contributed by atoms with van der Waals surface area (Å²) in [6.07, 6.45) is -0.989. The molecule has 1 aliphatic heterocycles. The van der Waals surface area contributed by atoms with Crippen LogP contribution in [-0.4, -0.2) is 51.6 Å². The van der Waals surface area contributed by atoms with Crippen LogP contribution in [0.15, 0.2) is 88.7 Å². The van der Waals surface area contributed by atoms with Crippen LogP contribution in [0.2, 0.25) is 0 Å². The highest BCUT2D eigenvalue weighted by atomic mass is 32.2. The highest BCUT2D eigenvalue weighted by Crippen LogP contribution is 2.39. The summed E-state index contributed by atoms with van der Waals surface area (Å²) in [6, 6.07) is 22.3. The van der Waals surface area contributed by atoms with Crippen LogP contribution in [0, 0.1) is 6.92 Å². The van der Waals surface area contributed by atoms with E-state index in [0.29, 0.717) is 5.56 Å². The quantitative estimate of drug-likeness (QED) is 0.450. The number of hydrogen-bond donors (Lipinski definition) is 0. The van der Waals surface area contributed by atoms with Crippen molar-refractivity contribution in [1.82, 2.24) is 8.61 Å². The smallest absolute Gasteiger partial charge is 0.244 e. The lowest BCUT2D eigenvalue weighted by molar-refractivity contribution is 0.292. The van der Waals surface area contributed by atoms with Gasteiger partial charge in [-0.3, -0.25) is 0 Å². The molecule has 1 aliphatic rings. The molecule has 0 amide bonds. The minimum absolute atomic E-state index is 0.0603. The second-order valence-electron chi connectivity index (χ2n) is 8.50. The molecule has 0 bridgehead atoms. The van der Waals surface area contributed by atoms with Gasteiger partial charge in [0.15, 0.2) is 0 Å². The predicted molar refractivity (Wildman–Crippen MR) is 138 cm³/mol. The molecule has 0 aromatic heterocycles. The molecule has 0 N–H and O–H groups in total. The summed E-state index contributed by atoms with van der Waals surface area (Å²) in [4.78, 5) is 2.46. The molecule has 4 rings (SSSR count). The second-order valence-corrected chi connectivity index (χ2v) is 12.3. The third-order valence-electron chi connectivity index (χ3n) is 6.38. The molecule has 3 aromatic rings. The van der Waals surface area contributed by atoms with Gasteiger partial charge < -0.3 is 4.90 Å². The number of hydrogen-bond acceptors (Lipinski definition) is 5. The number of nitrogens with zero attached hydrogens (tertiary/aromatic N) is 3. The van der Waals surface area contributed by atoms with E-state index in [1.54, 1.807) is 42.5 Å². The fraction of sp³-hybridized carbons (Fsp3) is 0.308. The lowest BCUT2D eigenvalue weighted by atomic mass is 10.1. The second kappa shape index (κ2) is 10.1. The molecule has 1 saturated heterocycles. The van der Waals surface area contributed by atoms with Gasteiger partial charge in [0, 0.05) is 31.9 Å². The Morgan fingerprint density at radius 2 is 1.20 bits per heavy atom. The van der Waals surface area contributed by atoms with E-state index in [1.165, 1.54) is 20.7 Å². The van der Waals surface area contributed by atoms with E-state index < -0.39 is 26.2 Å². The van der Waals surface area contributed by atoms with Crippen molar-refractivity contribution in [3.63, 3.8) is 0 Å². The van der Waals surface area contributed by atoms with Crippen LogP contribution in [0.25, 0.3) is 0 Å². The van der Waals surface area contributed by atoms with Gasteiger partial charge in [-0.15, -0.1) is 0 Å². The molecule has 0 unspecified atom stereocenters. The van der Waals surface area contributed by atoms with Gasteiger partial charge >= 0.3 is 0 Å². The maximum atomic E-state index is 13.7. The minimum Gasteiger partial charge on any atom is -0.372 e. The van der Waals surface area contributed by atoms with E-state index in [4.69, 9.17) is 0 Å². The summed E-state index contributed by atoms with van der Waals surface area (Å²) in [5.74, 6) is 0. The molecule has 1 atom stereocenters. The van der Waals surface area contributed by atoms with Crippen LogP contribution in [0.4, 0.5) is 5.69 Å². The average molecular weight is 514 g/mol. The van der Waals surface area contributed by atoms with Crippen molar-refractivity contribution in [2.24, 2.45) is 0 Å². The SMILES string of the molecule is CCN(CC)c1ccc([C@@H]2N(S(=O)(=O)c3ccccc3)CCN2S(=O)(=O)c2ccc(C)cc2)cc1. The first-order valence-electron chi connectivity index (χ1n) is 11.7. The Hall–Kier alpha value is -2.72. The van der Waals surface area contributed by atoms with Crippen LogP contribution >= 0.6 is 0 Å². The fourth-order valence-electron chi connectivity index (χ4n) is 4.44. The van der Waals surface area contributed by atoms with Gasteiger partial charge in [0.05, 0.1) is 9.79 Å². The van der Waals surface area contributed by atoms with Gasteiger partial charge in [-0.1, -0.05) is 48.0 Å². The zero-order valence-corrected chi connectivity index (χ0v) is 21.8. The maximum Gasteiger partial charge on any atom is 0.244 e. The molecule has 3 aromatic carbocycles. The number of rotatable bonds is 8. The van der Waals surface area contributed by atoms with Crippen molar-refractivity contribution in [1.29, 1.82) is 0 Å². The van der Waals surface area contributed by atoms with Crippen molar-refractivity contribution in [2.75, 3.05) is 31.1 Å². The largest absolute Gasteiger partial charge is 0.372 e. The Balaban J connectivity index is 1.81. The number of aryl methyl sites for hydroxylation is 1. The topological polar surface area (TPSA) is 78.0 Å². The first kappa shape index (κ1) is 25.4. The molecule has 0 radical (unpaired) electrons. The fourth-order valence-corrected chi connectivity index (χ4v) is 7.66. The Morgan fingerprint density at radius 3 is 1.69 bits per heavy atom. The van der Waals surface area contributed by atoms with Gasteiger partial charge in [0.25, 0.3) is 0 Å². The monoisotopic (exact) mass is 513 g/mol. The van der Waals surface area contributed by atoms with E-state index >= 15 is 0 Å². The zero-order chi connectivity index (χ0) is 25.2. The van der Waals surface area contributed by atoms with Crippen molar-refractivity contribution in [3.05, 3.63) is 90.0 Å². The first-order valence-corrected chi connectivity index (χ1v) is 14.6. The molecule has 186 valence electrons. The van der Waals surface area contributed by atoms with Crippen LogP contribution in [0.3, 0.4) is 0 Å². The van der Waals surface area contributed by atoms with E-state index in [0.717, 1.165) is 24.3 Å². The van der Waals surface area contributed by atoms with E-state index in [9.17, 15) is 16.8 Å². The highest BCUT2D eigenvalue weighted by molar-refractivity contribution is 7.90. The molecular formula is C26H31N3O4S2. The summed E-state index contributed by atoms with van der Waals surface area (Å²) in [5.41, 5.74) is 2.55. The summed E-state index contributed by atoms with van der Waals surface area (Å²) in [7, 11) is -7.88. The highest BCUT2D eigenvalue weighted by Gasteiger charge is 2.46. The minimum atomic E-state index is -3.95. The van der Waals surface area contributed by atoms with Crippen molar-refractivity contribution >= 4 is 25.7 Å². The van der Waals surface area contributed by atoms with Crippen LogP contribution < -0.4 is 4.90 Å². The van der Waals surface area contributed by atoms with Gasteiger partial charge in [-0.2, -0.15) is 8.61 Å². The lowest BCUT2D eigenvalue weighted by Crippen LogP contribution is -2.38. The van der Waals surface area contributed by atoms with Gasteiger partial charge in [-0.25, -0.2) is 16.8 Å². The standard InChI is InChI=1S/C26H31N3O4S2/c1-4-27(5-2)23-15-13-22(14-16-23)26-28(34(30,31)24-9-7-6-8-10-24)19-20-29(26)35(32,33)25-17-11-21(3)12-18-25/h6-18,26H,4-5,19-20H2,1-3H3/t26-/m1/s1. The molecule has 0 spiro atoms. The molecule has 9 heteroatoms. The summed E-state index contributed by atoms with van der Waals surface area (Å²) in [5, 5.41) is 0. The van der Waals surface area contributed by atoms with Gasteiger partial charge in [0.2, 0.25) is 20.0 Å². The molecule has 0 saturated carbocycles. The summed E-state index contributed by atoms with van der Waals surface area (Å²) < 4.78 is 57.3. The van der Waals surface area contributed by atoms with Crippen LogP contribution in [-0.2, 0) is 20.0 Å². The Bertz CT molecular complexity index is 1350. The summed E-state index contributed by atoms with van der Waals surface area (Å²) in [6.45, 7) is 7.82. The number of anilines is 1. The van der Waals surface area contributed by atoms with Crippen LogP contribution in [0.1, 0.15) is 31.1 Å². The third kappa shape index (κ3) is 4.86. The van der Waals surface area contributed by atoms with Gasteiger partial charge in [-0.05, 0) is 62.7 Å². The first-order chi connectivity index (χ1) is 16.7. The molecule has 1 heterocycles. The molecule has 0 aliphatic carbocycles. The molecular weight excluding hydrogens is 482 g/mol. The van der Waals surface area contributed by atoms with Crippen molar-refractivity contribution in [2.45, 2.75) is 36.7 Å². The Kier molecular flexibility index (Phi) is 7.32. The Morgan fingerprint density at radius 1 is 0.714 bits per heavy atom. The number of benzene rings is 3. The number of sulfonamides is 2. The van der Waals surface area contributed by atoms with Gasteiger partial charge in [0.1, 0.15) is 6.17 Å². The van der Waals surface area contributed by atoms with E-state index in [2.05, 4.69) is 18.7 Å². The van der Waals surface area contributed by atoms with Crippen molar-refractivity contribution < 1.29 is 16.8 Å². The normalized spacial score (nSPS) is 17.5. The Labute approximate surface area is 208 Å². The lowest BCUT2D eigenvalue weighted by Gasteiger charge is -2.30.